The van der Waals surface area contributed by atoms with Gasteiger partial charge in [-0.3, -0.25) is 14.6 Å². The topological polar surface area (TPSA) is 116 Å². The number of hydrogen-bond acceptors (Lipinski definition) is 6. The Kier molecular flexibility index (Phi) is 5.70. The average Bonchev–Trinajstić information content (AvgIpc) is 2.78. The molecule has 0 aliphatic carbocycles. The average molecular weight is 432 g/mol. The molecule has 0 saturated carbocycles. The standard InChI is InChI=1S/C20H25N5O4S/c1-2-30(28,29)24-12-8-15-16(13-24)22-18(23-19(15)26)17-5-3-4-11-25(17)20(27)14-6-9-21-10-7-14/h6-7,9-10,17H,2-5,8,11-13H2,1H3,(H,22,23,26)/t17-/m0/s1. The third kappa shape index (κ3) is 3.89. The van der Waals surface area contributed by atoms with Crippen LogP contribution in [0.4, 0.5) is 0 Å². The zero-order chi connectivity index (χ0) is 21.3. The number of fused-ring (bicyclic) bond motifs is 1. The fourth-order valence-corrected chi connectivity index (χ4v) is 5.19. The Morgan fingerprint density at radius 2 is 2.00 bits per heavy atom. The lowest BCUT2D eigenvalue weighted by Gasteiger charge is -2.35. The van der Waals surface area contributed by atoms with Crippen molar-refractivity contribution in [1.82, 2.24) is 24.2 Å². The van der Waals surface area contributed by atoms with E-state index in [-0.39, 0.29) is 36.4 Å². The Hall–Kier alpha value is -2.59. The highest BCUT2D eigenvalue weighted by atomic mass is 32.2. The van der Waals surface area contributed by atoms with Gasteiger partial charge in [0.2, 0.25) is 10.0 Å². The van der Waals surface area contributed by atoms with Gasteiger partial charge in [0.05, 0.1) is 24.0 Å². The number of aromatic amines is 1. The second kappa shape index (κ2) is 8.27. The molecule has 2 aliphatic rings. The van der Waals surface area contributed by atoms with Gasteiger partial charge < -0.3 is 9.88 Å². The van der Waals surface area contributed by atoms with Crippen molar-refractivity contribution in [3.63, 3.8) is 0 Å². The smallest absolute Gasteiger partial charge is 0.254 e. The van der Waals surface area contributed by atoms with Crippen molar-refractivity contribution in [2.45, 2.75) is 45.2 Å². The van der Waals surface area contributed by atoms with Crippen LogP contribution < -0.4 is 5.56 Å². The SMILES string of the molecule is CCS(=O)(=O)N1CCc2c(nc([C@@H]3CCCCN3C(=O)c3ccncc3)[nH]c2=O)C1. The van der Waals surface area contributed by atoms with Crippen LogP contribution in [0.5, 0.6) is 0 Å². The molecule has 4 rings (SSSR count). The molecule has 0 unspecified atom stereocenters. The van der Waals surface area contributed by atoms with E-state index in [1.54, 1.807) is 36.4 Å². The number of pyridine rings is 1. The highest BCUT2D eigenvalue weighted by Crippen LogP contribution is 2.30. The maximum Gasteiger partial charge on any atom is 0.254 e. The lowest BCUT2D eigenvalue weighted by Crippen LogP contribution is -2.42. The third-order valence-corrected chi connectivity index (χ3v) is 7.65. The van der Waals surface area contributed by atoms with Gasteiger partial charge in [-0.15, -0.1) is 0 Å². The summed E-state index contributed by atoms with van der Waals surface area (Å²) in [5.41, 5.74) is 1.31. The highest BCUT2D eigenvalue weighted by molar-refractivity contribution is 7.89. The maximum atomic E-state index is 13.1. The van der Waals surface area contributed by atoms with Crippen LogP contribution in [0.1, 0.15) is 59.7 Å². The van der Waals surface area contributed by atoms with E-state index in [1.807, 2.05) is 0 Å². The van der Waals surface area contributed by atoms with Gasteiger partial charge in [0, 0.05) is 36.6 Å². The molecule has 0 aromatic carbocycles. The van der Waals surface area contributed by atoms with Crippen molar-refractivity contribution in [2.24, 2.45) is 0 Å². The van der Waals surface area contributed by atoms with Crippen molar-refractivity contribution >= 4 is 15.9 Å². The molecule has 2 aromatic rings. The first-order chi connectivity index (χ1) is 14.4. The predicted molar refractivity (Wildman–Crippen MR) is 110 cm³/mol. The Bertz CT molecular complexity index is 1100. The molecule has 1 amide bonds. The van der Waals surface area contributed by atoms with Gasteiger partial charge in [-0.05, 0) is 44.7 Å². The van der Waals surface area contributed by atoms with E-state index in [4.69, 9.17) is 0 Å². The number of likely N-dealkylation sites (tertiary alicyclic amines) is 1. The quantitative estimate of drug-likeness (QED) is 0.779. The fourth-order valence-electron chi connectivity index (χ4n) is 4.13. The number of carbonyl (C=O) groups is 1. The number of piperidine rings is 1. The van der Waals surface area contributed by atoms with E-state index in [0.717, 1.165) is 12.8 Å². The van der Waals surface area contributed by atoms with Crippen molar-refractivity contribution in [3.8, 4) is 0 Å². The molecule has 1 atom stereocenters. The van der Waals surface area contributed by atoms with Crippen LogP contribution >= 0.6 is 0 Å². The largest absolute Gasteiger partial charge is 0.328 e. The van der Waals surface area contributed by atoms with Crippen LogP contribution in [0.25, 0.3) is 0 Å². The molecule has 1 saturated heterocycles. The summed E-state index contributed by atoms with van der Waals surface area (Å²) in [4.78, 5) is 39.0. The van der Waals surface area contributed by atoms with Crippen LogP contribution in [0.15, 0.2) is 29.3 Å². The molecule has 1 fully saturated rings. The number of nitrogens with zero attached hydrogens (tertiary/aromatic N) is 4. The summed E-state index contributed by atoms with van der Waals surface area (Å²) in [5.74, 6) is 0.309. The Labute approximate surface area is 175 Å². The number of H-pyrrole nitrogens is 1. The maximum absolute atomic E-state index is 13.1. The molecule has 0 spiro atoms. The summed E-state index contributed by atoms with van der Waals surface area (Å²) < 4.78 is 26.0. The molecule has 10 heteroatoms. The van der Waals surface area contributed by atoms with E-state index < -0.39 is 10.0 Å². The van der Waals surface area contributed by atoms with E-state index in [9.17, 15) is 18.0 Å². The minimum Gasteiger partial charge on any atom is -0.328 e. The molecule has 0 bridgehead atoms. The highest BCUT2D eigenvalue weighted by Gasteiger charge is 2.33. The summed E-state index contributed by atoms with van der Waals surface area (Å²) in [5, 5.41) is 0. The minimum atomic E-state index is -3.36. The fraction of sp³-hybridized carbons (Fsp3) is 0.500. The zero-order valence-corrected chi connectivity index (χ0v) is 17.7. The molecule has 2 aromatic heterocycles. The Morgan fingerprint density at radius 3 is 2.73 bits per heavy atom. The van der Waals surface area contributed by atoms with Crippen molar-refractivity contribution in [3.05, 3.63) is 57.5 Å². The van der Waals surface area contributed by atoms with Crippen LogP contribution in [0.2, 0.25) is 0 Å². The summed E-state index contributed by atoms with van der Waals surface area (Å²) in [6.45, 7) is 2.55. The van der Waals surface area contributed by atoms with Gasteiger partial charge in [0.15, 0.2) is 0 Å². The zero-order valence-electron chi connectivity index (χ0n) is 16.9. The second-order valence-corrected chi connectivity index (χ2v) is 9.86. The number of carbonyl (C=O) groups excluding carboxylic acids is 1. The van der Waals surface area contributed by atoms with Crippen LogP contribution in [-0.2, 0) is 23.0 Å². The summed E-state index contributed by atoms with van der Waals surface area (Å²) in [6.07, 6.45) is 5.98. The Balaban J connectivity index is 1.68. The number of nitrogens with one attached hydrogen (secondary N) is 1. The first-order valence-electron chi connectivity index (χ1n) is 10.2. The summed E-state index contributed by atoms with van der Waals surface area (Å²) in [7, 11) is -3.36. The van der Waals surface area contributed by atoms with Crippen LogP contribution in [0.3, 0.4) is 0 Å². The normalized spacial score (nSPS) is 20.0. The van der Waals surface area contributed by atoms with Gasteiger partial charge in [-0.1, -0.05) is 0 Å². The van der Waals surface area contributed by atoms with Crippen LogP contribution in [0, 0.1) is 0 Å². The van der Waals surface area contributed by atoms with Crippen LogP contribution in [-0.4, -0.2) is 57.3 Å². The second-order valence-electron chi connectivity index (χ2n) is 7.61. The summed E-state index contributed by atoms with van der Waals surface area (Å²) >= 11 is 0. The van der Waals surface area contributed by atoms with Crippen molar-refractivity contribution in [1.29, 1.82) is 0 Å². The summed E-state index contributed by atoms with van der Waals surface area (Å²) in [6, 6.07) is 2.99. The van der Waals surface area contributed by atoms with Crippen molar-refractivity contribution in [2.75, 3.05) is 18.8 Å². The van der Waals surface area contributed by atoms with E-state index in [1.165, 1.54) is 4.31 Å². The molecule has 30 heavy (non-hydrogen) atoms. The molecular formula is C20H25N5O4S. The third-order valence-electron chi connectivity index (χ3n) is 5.82. The van der Waals surface area contributed by atoms with Gasteiger partial charge in [-0.25, -0.2) is 13.4 Å². The number of hydrogen-bond donors (Lipinski definition) is 1. The first kappa shape index (κ1) is 20.7. The monoisotopic (exact) mass is 431 g/mol. The van der Waals surface area contributed by atoms with E-state index in [0.29, 0.717) is 42.0 Å². The van der Waals surface area contributed by atoms with Gasteiger partial charge in [0.1, 0.15) is 5.82 Å². The minimum absolute atomic E-state index is 0.00915. The molecule has 160 valence electrons. The molecule has 9 nitrogen and oxygen atoms in total. The lowest BCUT2D eigenvalue weighted by atomic mass is 9.99. The molecule has 2 aliphatic heterocycles. The number of sulfonamides is 1. The molecular weight excluding hydrogens is 406 g/mol. The van der Waals surface area contributed by atoms with Gasteiger partial charge >= 0.3 is 0 Å². The van der Waals surface area contributed by atoms with Gasteiger partial charge in [0.25, 0.3) is 11.5 Å². The molecule has 4 heterocycles. The van der Waals surface area contributed by atoms with Gasteiger partial charge in [-0.2, -0.15) is 4.31 Å². The molecule has 1 N–H and O–H groups in total. The van der Waals surface area contributed by atoms with Crippen molar-refractivity contribution < 1.29 is 13.2 Å². The predicted octanol–water partition coefficient (Wildman–Crippen LogP) is 1.24. The van der Waals surface area contributed by atoms with E-state index in [2.05, 4.69) is 15.0 Å². The number of aromatic nitrogens is 3. The molecule has 0 radical (unpaired) electrons. The Morgan fingerprint density at radius 1 is 1.23 bits per heavy atom. The number of rotatable bonds is 4. The van der Waals surface area contributed by atoms with E-state index >= 15 is 0 Å². The first-order valence-corrected chi connectivity index (χ1v) is 11.8. The number of amides is 1. The lowest BCUT2D eigenvalue weighted by molar-refractivity contribution is 0.0598.